The smallest absolute Gasteiger partial charge is 0.383 e. The lowest BCUT2D eigenvalue weighted by atomic mass is 10.0. The molecule has 0 radical (unpaired) electrons. The largest absolute Gasteiger partial charge is 0.417 e. The summed E-state index contributed by atoms with van der Waals surface area (Å²) in [6, 6.07) is 3.49. The van der Waals surface area contributed by atoms with Gasteiger partial charge in [0.1, 0.15) is 11.5 Å². The molecule has 1 aliphatic carbocycles. The van der Waals surface area contributed by atoms with Gasteiger partial charge in [-0.3, -0.25) is 9.78 Å². The number of carbonyl (C=O) groups excluding carboxylic acids is 1. The minimum Gasteiger partial charge on any atom is -0.383 e. The van der Waals surface area contributed by atoms with Gasteiger partial charge in [-0.15, -0.1) is 0 Å². The third-order valence-corrected chi connectivity index (χ3v) is 6.29. The number of nitrogens with zero attached hydrogens (tertiary/aromatic N) is 4. The van der Waals surface area contributed by atoms with Gasteiger partial charge in [-0.25, -0.2) is 9.97 Å². The third-order valence-electron chi connectivity index (χ3n) is 6.29. The van der Waals surface area contributed by atoms with Crippen LogP contribution >= 0.6 is 0 Å². The standard InChI is InChI=1S/C23H22F3N5O2/c1-11(17-6-3-13(8-28-17)23(24,25)26)31(14-4-5-14)22(32)18-7-15-16-10-33-12(2)20(16)21(27)30-19(15)9-29-18/h3,6-9,11-12,14H,4-5,10H2,1-2H3,(H2,27,30)/t11-,12+/m1/s1. The average molecular weight is 457 g/mol. The van der Waals surface area contributed by atoms with E-state index < -0.39 is 17.8 Å². The SMILES string of the molecule is C[C@@H]1OCc2c1c(N)nc1cnc(C(=O)N(C3CC3)[C@H](C)c3ccc(C(F)(F)F)cn3)cc21. The van der Waals surface area contributed by atoms with Crippen LogP contribution in [0.3, 0.4) is 0 Å². The van der Waals surface area contributed by atoms with E-state index in [1.165, 1.54) is 12.3 Å². The molecular formula is C23H22F3N5O2. The van der Waals surface area contributed by atoms with Crippen molar-refractivity contribution in [3.63, 3.8) is 0 Å². The summed E-state index contributed by atoms with van der Waals surface area (Å²) in [5.41, 5.74) is 8.20. The first-order valence-corrected chi connectivity index (χ1v) is 10.7. The summed E-state index contributed by atoms with van der Waals surface area (Å²) in [5, 5.41) is 0.762. The molecule has 0 saturated heterocycles. The molecule has 3 aromatic heterocycles. The van der Waals surface area contributed by atoms with Crippen molar-refractivity contribution in [2.45, 2.75) is 57.7 Å². The highest BCUT2D eigenvalue weighted by atomic mass is 19.4. The van der Waals surface area contributed by atoms with E-state index in [0.717, 1.165) is 41.6 Å². The van der Waals surface area contributed by atoms with Crippen molar-refractivity contribution in [1.82, 2.24) is 19.9 Å². The molecule has 172 valence electrons. The second kappa shape index (κ2) is 7.65. The number of nitrogen functional groups attached to an aromatic ring is 1. The number of hydrogen-bond acceptors (Lipinski definition) is 6. The number of aromatic nitrogens is 3. The fourth-order valence-corrected chi connectivity index (χ4v) is 4.39. The lowest BCUT2D eigenvalue weighted by Crippen LogP contribution is -2.36. The van der Waals surface area contributed by atoms with Gasteiger partial charge in [0.15, 0.2) is 0 Å². The van der Waals surface area contributed by atoms with Crippen molar-refractivity contribution < 1.29 is 22.7 Å². The number of rotatable bonds is 4. The minimum atomic E-state index is -4.46. The van der Waals surface area contributed by atoms with E-state index in [4.69, 9.17) is 10.5 Å². The summed E-state index contributed by atoms with van der Waals surface area (Å²) in [6.45, 7) is 4.04. The number of anilines is 1. The number of carbonyl (C=O) groups is 1. The molecule has 2 atom stereocenters. The summed E-state index contributed by atoms with van der Waals surface area (Å²) in [5.74, 6) is 0.0936. The molecule has 5 rings (SSSR count). The van der Waals surface area contributed by atoms with Crippen LogP contribution < -0.4 is 5.73 Å². The van der Waals surface area contributed by atoms with Crippen LogP contribution in [0.4, 0.5) is 19.0 Å². The molecule has 1 fully saturated rings. The Morgan fingerprint density at radius 2 is 2.00 bits per heavy atom. The summed E-state index contributed by atoms with van der Waals surface area (Å²) in [7, 11) is 0. The topological polar surface area (TPSA) is 94.2 Å². The zero-order valence-electron chi connectivity index (χ0n) is 18.1. The maximum absolute atomic E-state index is 13.5. The van der Waals surface area contributed by atoms with Crippen LogP contribution in [-0.2, 0) is 17.5 Å². The van der Waals surface area contributed by atoms with Gasteiger partial charge >= 0.3 is 6.18 Å². The van der Waals surface area contributed by atoms with E-state index in [-0.39, 0.29) is 23.7 Å². The summed E-state index contributed by atoms with van der Waals surface area (Å²) >= 11 is 0. The Kier molecular flexibility index (Phi) is 5.00. The van der Waals surface area contributed by atoms with Gasteiger partial charge < -0.3 is 15.4 Å². The van der Waals surface area contributed by atoms with Crippen LogP contribution in [0.1, 0.15) is 71.7 Å². The zero-order valence-corrected chi connectivity index (χ0v) is 18.1. The fraction of sp³-hybridized carbons (Fsp3) is 0.391. The van der Waals surface area contributed by atoms with Gasteiger partial charge in [-0.2, -0.15) is 13.2 Å². The van der Waals surface area contributed by atoms with Crippen LogP contribution in [0.5, 0.6) is 0 Å². The first-order valence-electron chi connectivity index (χ1n) is 10.7. The highest BCUT2D eigenvalue weighted by Gasteiger charge is 2.38. The van der Waals surface area contributed by atoms with Crippen LogP contribution in [0.15, 0.2) is 30.6 Å². The molecule has 4 heterocycles. The molecular weight excluding hydrogens is 435 g/mol. The lowest BCUT2D eigenvalue weighted by Gasteiger charge is -2.29. The predicted molar refractivity (Wildman–Crippen MR) is 114 cm³/mol. The first kappa shape index (κ1) is 21.6. The van der Waals surface area contributed by atoms with Crippen LogP contribution in [0, 0.1) is 0 Å². The Morgan fingerprint density at radius 3 is 2.64 bits per heavy atom. The maximum atomic E-state index is 13.5. The van der Waals surface area contributed by atoms with Gasteiger partial charge in [0.2, 0.25) is 0 Å². The third kappa shape index (κ3) is 3.78. The molecule has 10 heteroatoms. The van der Waals surface area contributed by atoms with Crippen molar-refractivity contribution in [2.75, 3.05) is 5.73 Å². The Hall–Kier alpha value is -3.27. The molecule has 1 amide bonds. The Morgan fingerprint density at radius 1 is 1.24 bits per heavy atom. The lowest BCUT2D eigenvalue weighted by molar-refractivity contribution is -0.137. The predicted octanol–water partition coefficient (Wildman–Crippen LogP) is 4.58. The summed E-state index contributed by atoms with van der Waals surface area (Å²) < 4.78 is 44.4. The molecule has 1 aliphatic heterocycles. The molecule has 1 saturated carbocycles. The molecule has 33 heavy (non-hydrogen) atoms. The van der Waals surface area contributed by atoms with Gasteiger partial charge in [0.25, 0.3) is 5.91 Å². The second-order valence-electron chi connectivity index (χ2n) is 8.52. The zero-order chi connectivity index (χ0) is 23.5. The maximum Gasteiger partial charge on any atom is 0.417 e. The van der Waals surface area contributed by atoms with Crippen molar-refractivity contribution in [2.24, 2.45) is 0 Å². The second-order valence-corrected chi connectivity index (χ2v) is 8.52. The molecule has 0 spiro atoms. The Labute approximate surface area is 187 Å². The molecule has 2 aliphatic rings. The molecule has 0 bridgehead atoms. The number of nitrogens with two attached hydrogens (primary N) is 1. The Balaban J connectivity index is 1.49. The molecule has 7 nitrogen and oxygen atoms in total. The first-order chi connectivity index (χ1) is 15.6. The van der Waals surface area contributed by atoms with Crippen molar-refractivity contribution in [3.05, 3.63) is 58.7 Å². The van der Waals surface area contributed by atoms with Gasteiger partial charge in [-0.05, 0) is 50.5 Å². The number of hydrogen-bond donors (Lipinski definition) is 1. The van der Waals surface area contributed by atoms with E-state index >= 15 is 0 Å². The molecule has 2 N–H and O–H groups in total. The molecule has 0 aromatic carbocycles. The number of ether oxygens (including phenoxy) is 1. The number of fused-ring (bicyclic) bond motifs is 3. The van der Waals surface area contributed by atoms with Crippen LogP contribution in [0.25, 0.3) is 10.9 Å². The van der Waals surface area contributed by atoms with E-state index in [2.05, 4.69) is 15.0 Å². The van der Waals surface area contributed by atoms with E-state index in [9.17, 15) is 18.0 Å². The van der Waals surface area contributed by atoms with Gasteiger partial charge in [0, 0.05) is 23.2 Å². The Bertz CT molecular complexity index is 1240. The average Bonchev–Trinajstić information content (AvgIpc) is 3.53. The van der Waals surface area contributed by atoms with Crippen LogP contribution in [-0.4, -0.2) is 31.8 Å². The minimum absolute atomic E-state index is 0.00676. The normalized spacial score (nSPS) is 18.9. The molecule has 0 unspecified atom stereocenters. The quantitative estimate of drug-likeness (QED) is 0.616. The van der Waals surface area contributed by atoms with Crippen molar-refractivity contribution >= 4 is 22.6 Å². The number of pyridine rings is 3. The van der Waals surface area contributed by atoms with Crippen molar-refractivity contribution in [1.29, 1.82) is 0 Å². The number of alkyl halides is 3. The van der Waals surface area contributed by atoms with Crippen molar-refractivity contribution in [3.8, 4) is 0 Å². The number of halogens is 3. The molecule has 3 aromatic rings. The van der Waals surface area contributed by atoms with E-state index in [0.29, 0.717) is 23.6 Å². The van der Waals surface area contributed by atoms with E-state index in [1.807, 2.05) is 6.92 Å². The summed E-state index contributed by atoms with van der Waals surface area (Å²) in [6.07, 6.45) is -0.677. The highest BCUT2D eigenvalue weighted by Crippen LogP contribution is 2.39. The summed E-state index contributed by atoms with van der Waals surface area (Å²) in [4.78, 5) is 27.9. The number of amides is 1. The highest BCUT2D eigenvalue weighted by molar-refractivity contribution is 5.97. The monoisotopic (exact) mass is 457 g/mol. The van der Waals surface area contributed by atoms with Gasteiger partial charge in [0.05, 0.1) is 41.7 Å². The van der Waals surface area contributed by atoms with E-state index in [1.54, 1.807) is 17.9 Å². The van der Waals surface area contributed by atoms with Gasteiger partial charge in [-0.1, -0.05) is 0 Å². The fourth-order valence-electron chi connectivity index (χ4n) is 4.39. The van der Waals surface area contributed by atoms with Crippen LogP contribution in [0.2, 0.25) is 0 Å².